The number of carbonyl (C=O) groups excluding carboxylic acids is 1. The summed E-state index contributed by atoms with van der Waals surface area (Å²) in [5.41, 5.74) is 3.75. The van der Waals surface area contributed by atoms with E-state index < -0.39 is 0 Å². The van der Waals surface area contributed by atoms with Gasteiger partial charge in [0.1, 0.15) is 11.6 Å². The van der Waals surface area contributed by atoms with Gasteiger partial charge in [-0.1, -0.05) is 29.8 Å². The number of carbonyl (C=O) groups is 1. The van der Waals surface area contributed by atoms with Crippen LogP contribution in [0.1, 0.15) is 41.4 Å². The Hall–Kier alpha value is -3.15. The minimum Gasteiger partial charge on any atom is -0.493 e. The van der Waals surface area contributed by atoms with E-state index in [0.29, 0.717) is 29.8 Å². The van der Waals surface area contributed by atoms with E-state index in [4.69, 9.17) is 4.74 Å². The van der Waals surface area contributed by atoms with E-state index in [2.05, 4.69) is 27.4 Å². The van der Waals surface area contributed by atoms with Crippen LogP contribution < -0.4 is 15.6 Å². The quantitative estimate of drug-likeness (QED) is 0.732. The van der Waals surface area contributed by atoms with Crippen LogP contribution in [0.4, 0.5) is 0 Å². The summed E-state index contributed by atoms with van der Waals surface area (Å²) < 4.78 is 5.80. The molecule has 1 unspecified atom stereocenters. The lowest BCUT2D eigenvalue weighted by atomic mass is 9.95. The Balaban J connectivity index is 1.46. The van der Waals surface area contributed by atoms with Crippen molar-refractivity contribution in [3.05, 3.63) is 69.3 Å². The molecule has 1 aliphatic rings. The standard InChI is InChI=1S/C22H23N3O3/c1-13-11-14(2)21-16(12-13)18(9-10-28-21)24-20(26)8-7-19-23-17-6-4-3-5-15(17)22(27)25-19/h3-6,11-12,18H,7-10H2,1-2H3,(H,24,26)(H,23,25,27). The third-order valence-corrected chi connectivity index (χ3v) is 5.06. The average molecular weight is 377 g/mol. The number of hydrogen-bond acceptors (Lipinski definition) is 4. The van der Waals surface area contributed by atoms with Crippen LogP contribution in [0.25, 0.3) is 10.9 Å². The van der Waals surface area contributed by atoms with E-state index in [1.54, 1.807) is 12.1 Å². The van der Waals surface area contributed by atoms with Gasteiger partial charge in [-0.25, -0.2) is 4.98 Å². The van der Waals surface area contributed by atoms with Gasteiger partial charge in [0.05, 0.1) is 23.6 Å². The first kappa shape index (κ1) is 18.2. The van der Waals surface area contributed by atoms with Gasteiger partial charge < -0.3 is 15.0 Å². The van der Waals surface area contributed by atoms with Crippen LogP contribution in [0.2, 0.25) is 0 Å². The highest BCUT2D eigenvalue weighted by atomic mass is 16.5. The Kier molecular flexibility index (Phi) is 4.86. The highest BCUT2D eigenvalue weighted by Crippen LogP contribution is 2.35. The molecule has 6 heteroatoms. The van der Waals surface area contributed by atoms with E-state index in [1.165, 1.54) is 0 Å². The fourth-order valence-corrected chi connectivity index (χ4v) is 3.78. The molecule has 3 aromatic rings. The maximum atomic E-state index is 12.5. The number of aromatic amines is 1. The van der Waals surface area contributed by atoms with Crippen molar-refractivity contribution < 1.29 is 9.53 Å². The third-order valence-electron chi connectivity index (χ3n) is 5.06. The van der Waals surface area contributed by atoms with Gasteiger partial charge in [0.2, 0.25) is 5.91 Å². The molecule has 0 saturated carbocycles. The van der Waals surface area contributed by atoms with Crippen molar-refractivity contribution in [3.63, 3.8) is 0 Å². The van der Waals surface area contributed by atoms with Crippen LogP contribution >= 0.6 is 0 Å². The molecule has 1 amide bonds. The van der Waals surface area contributed by atoms with Crippen LogP contribution in [0.5, 0.6) is 5.75 Å². The predicted molar refractivity (Wildman–Crippen MR) is 108 cm³/mol. The first-order valence-corrected chi connectivity index (χ1v) is 9.52. The van der Waals surface area contributed by atoms with Crippen molar-refractivity contribution in [1.82, 2.24) is 15.3 Å². The lowest BCUT2D eigenvalue weighted by molar-refractivity contribution is -0.122. The van der Waals surface area contributed by atoms with Gasteiger partial charge in [-0.05, 0) is 31.5 Å². The minimum atomic E-state index is -0.176. The first-order valence-electron chi connectivity index (χ1n) is 9.52. The molecule has 0 aliphatic carbocycles. The highest BCUT2D eigenvalue weighted by molar-refractivity contribution is 5.78. The highest BCUT2D eigenvalue weighted by Gasteiger charge is 2.24. The number of nitrogens with zero attached hydrogens (tertiary/aromatic N) is 1. The topological polar surface area (TPSA) is 84.1 Å². The number of aryl methyl sites for hydroxylation is 3. The van der Waals surface area contributed by atoms with Gasteiger partial charge in [0.25, 0.3) is 5.56 Å². The summed E-state index contributed by atoms with van der Waals surface area (Å²) in [4.78, 5) is 31.9. The van der Waals surface area contributed by atoms with Crippen molar-refractivity contribution >= 4 is 16.8 Å². The van der Waals surface area contributed by atoms with Gasteiger partial charge in [-0.15, -0.1) is 0 Å². The van der Waals surface area contributed by atoms with Crippen molar-refractivity contribution in [2.24, 2.45) is 0 Å². The van der Waals surface area contributed by atoms with Crippen LogP contribution in [0.15, 0.2) is 41.2 Å². The second-order valence-corrected chi connectivity index (χ2v) is 7.29. The maximum absolute atomic E-state index is 12.5. The number of benzene rings is 2. The van der Waals surface area contributed by atoms with E-state index in [9.17, 15) is 9.59 Å². The molecule has 0 bridgehead atoms. The summed E-state index contributed by atoms with van der Waals surface area (Å²) >= 11 is 0. The van der Waals surface area contributed by atoms with Crippen LogP contribution in [0.3, 0.4) is 0 Å². The number of aromatic nitrogens is 2. The van der Waals surface area contributed by atoms with Crippen molar-refractivity contribution in [2.75, 3.05) is 6.61 Å². The zero-order valence-electron chi connectivity index (χ0n) is 16.0. The molecule has 4 rings (SSSR count). The summed E-state index contributed by atoms with van der Waals surface area (Å²) in [5, 5.41) is 3.67. The van der Waals surface area contributed by atoms with E-state index in [0.717, 1.165) is 28.9 Å². The molecule has 1 aliphatic heterocycles. The fraction of sp³-hybridized carbons (Fsp3) is 0.318. The number of fused-ring (bicyclic) bond motifs is 2. The molecule has 28 heavy (non-hydrogen) atoms. The van der Waals surface area contributed by atoms with Crippen LogP contribution in [-0.2, 0) is 11.2 Å². The lowest BCUT2D eigenvalue weighted by Gasteiger charge is -2.28. The van der Waals surface area contributed by atoms with Gasteiger partial charge in [-0.3, -0.25) is 9.59 Å². The zero-order chi connectivity index (χ0) is 19.7. The molecule has 2 aromatic carbocycles. The summed E-state index contributed by atoms with van der Waals surface area (Å²) in [6.45, 7) is 4.65. The van der Waals surface area contributed by atoms with Gasteiger partial charge in [0.15, 0.2) is 0 Å². The molecule has 0 radical (unpaired) electrons. The SMILES string of the molecule is Cc1cc(C)c2c(c1)C(NC(=O)CCc1nc3ccccc3c(=O)[nH]1)CCO2. The van der Waals surface area contributed by atoms with Gasteiger partial charge >= 0.3 is 0 Å². The molecule has 1 aromatic heterocycles. The molecule has 0 fully saturated rings. The zero-order valence-corrected chi connectivity index (χ0v) is 16.0. The molecule has 2 heterocycles. The first-order chi connectivity index (χ1) is 13.5. The molecular weight excluding hydrogens is 354 g/mol. The van der Waals surface area contributed by atoms with Crippen molar-refractivity contribution in [3.8, 4) is 5.75 Å². The number of rotatable bonds is 4. The number of nitrogens with one attached hydrogen (secondary N) is 2. The molecule has 6 nitrogen and oxygen atoms in total. The van der Waals surface area contributed by atoms with E-state index >= 15 is 0 Å². The number of para-hydroxylation sites is 1. The Morgan fingerprint density at radius 2 is 2.11 bits per heavy atom. The molecule has 0 saturated heterocycles. The van der Waals surface area contributed by atoms with Crippen LogP contribution in [0, 0.1) is 13.8 Å². The monoisotopic (exact) mass is 377 g/mol. The van der Waals surface area contributed by atoms with E-state index in [1.807, 2.05) is 26.0 Å². The maximum Gasteiger partial charge on any atom is 0.258 e. The Labute approximate surface area is 163 Å². The Morgan fingerprint density at radius 3 is 2.96 bits per heavy atom. The molecule has 144 valence electrons. The lowest BCUT2D eigenvalue weighted by Crippen LogP contribution is -2.32. The summed E-state index contributed by atoms with van der Waals surface area (Å²) in [7, 11) is 0. The normalized spacial score (nSPS) is 15.7. The average Bonchev–Trinajstić information content (AvgIpc) is 2.67. The van der Waals surface area contributed by atoms with Gasteiger partial charge in [-0.2, -0.15) is 0 Å². The summed E-state index contributed by atoms with van der Waals surface area (Å²) in [6, 6.07) is 11.3. The fourth-order valence-electron chi connectivity index (χ4n) is 3.78. The van der Waals surface area contributed by atoms with Gasteiger partial charge in [0, 0.05) is 24.8 Å². The minimum absolute atomic E-state index is 0.0570. The number of ether oxygens (including phenoxy) is 1. The summed E-state index contributed by atoms with van der Waals surface area (Å²) in [6.07, 6.45) is 1.39. The molecule has 0 spiro atoms. The Morgan fingerprint density at radius 1 is 1.29 bits per heavy atom. The molecular formula is C22H23N3O3. The van der Waals surface area contributed by atoms with Crippen molar-refractivity contribution in [1.29, 1.82) is 0 Å². The number of amides is 1. The number of H-pyrrole nitrogens is 1. The van der Waals surface area contributed by atoms with Crippen LogP contribution in [-0.4, -0.2) is 22.5 Å². The summed E-state index contributed by atoms with van der Waals surface area (Å²) in [5.74, 6) is 1.34. The molecule has 2 N–H and O–H groups in total. The largest absolute Gasteiger partial charge is 0.493 e. The molecule has 1 atom stereocenters. The second-order valence-electron chi connectivity index (χ2n) is 7.29. The Bertz CT molecular complexity index is 1100. The van der Waals surface area contributed by atoms with Crippen molar-refractivity contribution in [2.45, 2.75) is 39.2 Å². The predicted octanol–water partition coefficient (Wildman–Crippen LogP) is 3.11. The third kappa shape index (κ3) is 3.63. The smallest absolute Gasteiger partial charge is 0.258 e. The second kappa shape index (κ2) is 7.46. The van der Waals surface area contributed by atoms with E-state index in [-0.39, 0.29) is 23.9 Å². The number of hydrogen-bond donors (Lipinski definition) is 2.